The van der Waals surface area contributed by atoms with Crippen LogP contribution in [0.4, 0.5) is 0 Å². The van der Waals surface area contributed by atoms with Gasteiger partial charge in [0.1, 0.15) is 0 Å². The standard InChI is InChI=1S/C6H11O2PS2.Zn/c1-3-5-8-9(7,10)11-6-4-2;/h3-4H,1-2,5-6H2,(H,7,10);. The van der Waals surface area contributed by atoms with Crippen molar-refractivity contribution in [3.05, 3.63) is 25.3 Å². The normalized spacial score (nSPS) is 14.1. The van der Waals surface area contributed by atoms with Crippen LogP contribution < -0.4 is 0 Å². The fourth-order valence-electron chi connectivity index (χ4n) is 0.331. The van der Waals surface area contributed by atoms with E-state index >= 15 is 0 Å². The molecule has 0 aromatic heterocycles. The van der Waals surface area contributed by atoms with Crippen molar-refractivity contribution in [2.45, 2.75) is 0 Å². The molecule has 0 saturated heterocycles. The first kappa shape index (κ1) is 15.5. The van der Waals surface area contributed by atoms with Gasteiger partial charge in [-0.15, -0.1) is 13.2 Å². The third-order valence-electron chi connectivity index (χ3n) is 0.711. The molecule has 6 heteroatoms. The minimum atomic E-state index is -2.76. The largest absolute Gasteiger partial charge is 0.310 e. The average molecular weight is 276 g/mol. The van der Waals surface area contributed by atoms with E-state index in [1.165, 1.54) is 6.08 Å². The van der Waals surface area contributed by atoms with Crippen LogP contribution in [0.25, 0.3) is 0 Å². The molecule has 12 heavy (non-hydrogen) atoms. The van der Waals surface area contributed by atoms with Gasteiger partial charge in [-0.05, 0) is 0 Å². The summed E-state index contributed by atoms with van der Waals surface area (Å²) in [6.07, 6.45) is 3.20. The van der Waals surface area contributed by atoms with Crippen molar-refractivity contribution < 1.29 is 28.6 Å². The van der Waals surface area contributed by atoms with E-state index < -0.39 is 5.77 Å². The molecule has 66 valence electrons. The maximum absolute atomic E-state index is 11.2. The molecule has 0 aliphatic rings. The van der Waals surface area contributed by atoms with Gasteiger partial charge in [0.2, 0.25) is 0 Å². The zero-order valence-electron chi connectivity index (χ0n) is 6.81. The average Bonchev–Trinajstić information content (AvgIpc) is 1.97. The van der Waals surface area contributed by atoms with E-state index in [2.05, 4.69) is 25.4 Å². The van der Waals surface area contributed by atoms with E-state index in [9.17, 15) is 4.57 Å². The smallest absolute Gasteiger partial charge is 0.310 e. The Morgan fingerprint density at radius 2 is 2.08 bits per heavy atom. The van der Waals surface area contributed by atoms with Crippen molar-refractivity contribution >= 4 is 29.4 Å². The molecule has 0 amide bonds. The molecule has 1 unspecified atom stereocenters. The minimum Gasteiger partial charge on any atom is -0.310 e. The Morgan fingerprint density at radius 3 is 2.50 bits per heavy atom. The van der Waals surface area contributed by atoms with Gasteiger partial charge in [0.15, 0.2) is 0 Å². The second kappa shape index (κ2) is 8.59. The SMILES string of the molecule is C=CCOP(=O)(S)SCC=C.[Zn]. The fourth-order valence-corrected chi connectivity index (χ4v) is 3.08. The van der Waals surface area contributed by atoms with Gasteiger partial charge in [0.25, 0.3) is 0 Å². The zero-order valence-corrected chi connectivity index (χ0v) is 12.4. The first-order valence-corrected chi connectivity index (χ1v) is 7.33. The summed E-state index contributed by atoms with van der Waals surface area (Å²) in [5, 5.41) is 0. The van der Waals surface area contributed by atoms with Crippen LogP contribution in [0.15, 0.2) is 25.3 Å². The Balaban J connectivity index is 0. The van der Waals surface area contributed by atoms with E-state index in [0.717, 1.165) is 11.4 Å². The molecule has 0 aliphatic carbocycles. The van der Waals surface area contributed by atoms with Crippen LogP contribution in [0.5, 0.6) is 0 Å². The summed E-state index contributed by atoms with van der Waals surface area (Å²) in [6, 6.07) is 0. The number of hydrogen-bond acceptors (Lipinski definition) is 3. The van der Waals surface area contributed by atoms with Crippen LogP contribution in [0, 0.1) is 0 Å². The van der Waals surface area contributed by atoms with Crippen LogP contribution in [-0.2, 0) is 28.6 Å². The van der Waals surface area contributed by atoms with E-state index in [4.69, 9.17) is 4.52 Å². The Bertz CT molecular complexity index is 170. The summed E-state index contributed by atoms with van der Waals surface area (Å²) in [5.74, 6) is -2.18. The number of thiol groups is 1. The number of hydrogen-bond donors (Lipinski definition) is 1. The van der Waals surface area contributed by atoms with Crippen molar-refractivity contribution in [1.29, 1.82) is 0 Å². The molecule has 0 aliphatic heterocycles. The van der Waals surface area contributed by atoms with Crippen LogP contribution in [-0.4, -0.2) is 12.4 Å². The van der Waals surface area contributed by atoms with E-state index in [0.29, 0.717) is 5.75 Å². The van der Waals surface area contributed by atoms with Gasteiger partial charge in [-0.25, -0.2) is 0 Å². The van der Waals surface area contributed by atoms with Gasteiger partial charge >= 0.3 is 5.77 Å². The molecule has 0 saturated carbocycles. The molecule has 0 aromatic carbocycles. The van der Waals surface area contributed by atoms with Crippen molar-refractivity contribution in [2.24, 2.45) is 0 Å². The Hall–Kier alpha value is 0.993. The fraction of sp³-hybridized carbons (Fsp3) is 0.333. The molecular weight excluding hydrogens is 265 g/mol. The first-order valence-electron chi connectivity index (χ1n) is 2.96. The van der Waals surface area contributed by atoms with Gasteiger partial charge in [0, 0.05) is 25.2 Å². The first-order chi connectivity index (χ1) is 5.12. The maximum atomic E-state index is 11.2. The second-order valence-corrected chi connectivity index (χ2v) is 8.03. The minimum absolute atomic E-state index is 0. The van der Waals surface area contributed by atoms with Crippen LogP contribution in [0.1, 0.15) is 0 Å². The maximum Gasteiger partial charge on any atom is 0.310 e. The second-order valence-electron chi connectivity index (χ2n) is 1.64. The molecule has 0 fully saturated rings. The van der Waals surface area contributed by atoms with Crippen molar-refractivity contribution in [3.63, 3.8) is 0 Å². The predicted octanol–water partition coefficient (Wildman–Crippen LogP) is 3.14. The quantitative estimate of drug-likeness (QED) is 0.349. The van der Waals surface area contributed by atoms with Crippen LogP contribution in [0.3, 0.4) is 0 Å². The van der Waals surface area contributed by atoms with Crippen molar-refractivity contribution in [2.75, 3.05) is 12.4 Å². The van der Waals surface area contributed by atoms with E-state index in [-0.39, 0.29) is 26.1 Å². The van der Waals surface area contributed by atoms with Crippen molar-refractivity contribution in [1.82, 2.24) is 0 Å². The summed E-state index contributed by atoms with van der Waals surface area (Å²) in [5.41, 5.74) is 0. The molecule has 0 rings (SSSR count). The summed E-state index contributed by atoms with van der Waals surface area (Å²) >= 11 is 5.01. The summed E-state index contributed by atoms with van der Waals surface area (Å²) < 4.78 is 16.1. The Labute approximate surface area is 95.3 Å². The number of rotatable bonds is 6. The third kappa shape index (κ3) is 9.08. The summed E-state index contributed by atoms with van der Waals surface area (Å²) in [4.78, 5) is 0. The topological polar surface area (TPSA) is 26.3 Å². The Morgan fingerprint density at radius 1 is 1.50 bits per heavy atom. The monoisotopic (exact) mass is 274 g/mol. The zero-order chi connectivity index (χ0) is 8.74. The Kier molecular flexibility index (Phi) is 11.1. The predicted molar refractivity (Wildman–Crippen MR) is 55.4 cm³/mol. The molecule has 0 bridgehead atoms. The van der Waals surface area contributed by atoms with Crippen molar-refractivity contribution in [3.8, 4) is 0 Å². The molecular formula is C6H11O2PS2Zn. The molecule has 1 atom stereocenters. The van der Waals surface area contributed by atoms with Gasteiger partial charge in [-0.3, -0.25) is 4.57 Å². The van der Waals surface area contributed by atoms with Crippen LogP contribution in [0.2, 0.25) is 0 Å². The molecule has 0 radical (unpaired) electrons. The third-order valence-corrected chi connectivity index (χ3v) is 5.03. The van der Waals surface area contributed by atoms with E-state index in [1.54, 1.807) is 6.08 Å². The molecule has 0 N–H and O–H groups in total. The van der Waals surface area contributed by atoms with E-state index in [1.807, 2.05) is 0 Å². The van der Waals surface area contributed by atoms with Gasteiger partial charge in [0.05, 0.1) is 6.61 Å². The summed E-state index contributed by atoms with van der Waals surface area (Å²) in [6.45, 7) is 7.20. The molecule has 0 spiro atoms. The van der Waals surface area contributed by atoms with Crippen LogP contribution >= 0.6 is 29.4 Å². The molecule has 0 heterocycles. The van der Waals surface area contributed by atoms with Gasteiger partial charge in [-0.2, -0.15) is 0 Å². The van der Waals surface area contributed by atoms with Gasteiger partial charge in [-0.1, -0.05) is 35.8 Å². The summed E-state index contributed by atoms with van der Waals surface area (Å²) in [7, 11) is 0. The van der Waals surface area contributed by atoms with Gasteiger partial charge < -0.3 is 4.52 Å². The molecule has 0 aromatic rings. The molecule has 2 nitrogen and oxygen atoms in total.